The Labute approximate surface area is 204 Å². The second-order valence-electron chi connectivity index (χ2n) is 11.5. The smallest absolute Gasteiger partial charge is 0.307 e. The number of carbonyl (C=O) groups excluding carboxylic acids is 1. The predicted molar refractivity (Wildman–Crippen MR) is 127 cm³/mol. The van der Waals surface area contributed by atoms with Crippen LogP contribution in [0.3, 0.4) is 0 Å². The van der Waals surface area contributed by atoms with Gasteiger partial charge in [-0.25, -0.2) is 4.39 Å². The highest BCUT2D eigenvalue weighted by molar-refractivity contribution is 5.77. The van der Waals surface area contributed by atoms with E-state index < -0.39 is 0 Å². The minimum atomic E-state index is -0.380. The fraction of sp³-hybridized carbons (Fsp3) is 0.615. The van der Waals surface area contributed by atoms with Crippen molar-refractivity contribution in [2.75, 3.05) is 26.2 Å². The number of amides is 1. The molecule has 4 saturated carbocycles. The van der Waals surface area contributed by atoms with Gasteiger partial charge in [0, 0.05) is 44.7 Å². The van der Waals surface area contributed by atoms with E-state index in [-0.39, 0.29) is 33.3 Å². The van der Waals surface area contributed by atoms with E-state index >= 15 is 0 Å². The number of carbonyl (C=O) groups is 1. The summed E-state index contributed by atoms with van der Waals surface area (Å²) in [6.45, 7) is 3.42. The van der Waals surface area contributed by atoms with Crippen LogP contribution in [-0.2, 0) is 16.9 Å². The molecule has 35 heavy (non-hydrogen) atoms. The molecule has 2 heterocycles. The number of hydrogen-bond donors (Lipinski definition) is 0. The molecule has 4 aliphatic carbocycles. The molecule has 0 radical (unpaired) electrons. The third kappa shape index (κ3) is 4.13. The third-order valence-corrected chi connectivity index (χ3v) is 9.02. The molecule has 1 amide bonds. The number of piperazine rings is 1. The van der Waals surface area contributed by atoms with Gasteiger partial charge in [-0.1, -0.05) is 18.2 Å². The van der Waals surface area contributed by atoms with Crippen LogP contribution in [-0.4, -0.2) is 56.6 Å². The average molecular weight is 482 g/mol. The van der Waals surface area contributed by atoms with Gasteiger partial charge in [0.25, 0.3) is 0 Å². The maximum absolute atomic E-state index is 14.0. The second-order valence-corrected chi connectivity index (χ2v) is 11.5. The lowest BCUT2D eigenvalue weighted by atomic mass is 9.46. The molecule has 8 nitrogen and oxygen atoms in total. The Morgan fingerprint density at radius 3 is 2.49 bits per heavy atom. The largest absolute Gasteiger partial charge is 0.340 e. The fourth-order valence-electron chi connectivity index (χ4n) is 8.00. The fourth-order valence-corrected chi connectivity index (χ4v) is 8.00. The molecule has 9 heteroatoms. The first-order valence-corrected chi connectivity index (χ1v) is 12.8. The Balaban J connectivity index is 1.12. The van der Waals surface area contributed by atoms with Gasteiger partial charge in [0.2, 0.25) is 5.91 Å². The highest BCUT2D eigenvalue weighted by atomic mass is 19.1. The molecule has 1 saturated heterocycles. The molecule has 0 spiro atoms. The van der Waals surface area contributed by atoms with Gasteiger partial charge in [-0.15, -0.1) is 0 Å². The molecule has 4 bridgehead atoms. The van der Waals surface area contributed by atoms with Crippen LogP contribution < -0.4 is 0 Å². The van der Waals surface area contributed by atoms with Crippen LogP contribution in [0, 0.1) is 33.2 Å². The van der Waals surface area contributed by atoms with Gasteiger partial charge in [0.15, 0.2) is 0 Å². The van der Waals surface area contributed by atoms with Gasteiger partial charge in [-0.05, 0) is 61.8 Å². The maximum atomic E-state index is 14.0. The second kappa shape index (κ2) is 8.40. The Kier molecular flexibility index (Phi) is 5.43. The van der Waals surface area contributed by atoms with E-state index in [4.69, 9.17) is 0 Å². The topological polar surface area (TPSA) is 84.5 Å². The van der Waals surface area contributed by atoms with Crippen LogP contribution in [0.15, 0.2) is 36.7 Å². The van der Waals surface area contributed by atoms with E-state index in [1.54, 1.807) is 12.3 Å². The molecular formula is C26H32FN5O3. The van der Waals surface area contributed by atoms with Gasteiger partial charge in [-0.2, -0.15) is 5.10 Å². The maximum Gasteiger partial charge on any atom is 0.307 e. The first-order chi connectivity index (χ1) is 16.8. The number of hydrogen-bond acceptors (Lipinski definition) is 5. The Hall–Kier alpha value is -2.81. The van der Waals surface area contributed by atoms with Crippen molar-refractivity contribution in [3.63, 3.8) is 0 Å². The monoisotopic (exact) mass is 481 g/mol. The first-order valence-electron chi connectivity index (χ1n) is 12.8. The summed E-state index contributed by atoms with van der Waals surface area (Å²) in [6, 6.07) is 6.88. The molecule has 1 aromatic heterocycles. The summed E-state index contributed by atoms with van der Waals surface area (Å²) in [6.07, 6.45) is 9.76. The summed E-state index contributed by atoms with van der Waals surface area (Å²) in [5.41, 5.74) is 0.507. The van der Waals surface area contributed by atoms with Gasteiger partial charge in [0.05, 0.1) is 10.5 Å². The van der Waals surface area contributed by atoms with Crippen LogP contribution in [0.25, 0.3) is 0 Å². The summed E-state index contributed by atoms with van der Waals surface area (Å²) in [5, 5.41) is 15.7. The molecule has 186 valence electrons. The lowest BCUT2D eigenvalue weighted by Crippen LogP contribution is -2.58. The molecule has 2 atom stereocenters. The zero-order valence-corrected chi connectivity index (χ0v) is 19.9. The summed E-state index contributed by atoms with van der Waals surface area (Å²) in [4.78, 5) is 28.5. The third-order valence-electron chi connectivity index (χ3n) is 9.02. The zero-order valence-electron chi connectivity index (χ0n) is 19.9. The molecule has 2 aromatic rings. The van der Waals surface area contributed by atoms with Gasteiger partial charge < -0.3 is 4.90 Å². The summed E-state index contributed by atoms with van der Waals surface area (Å²) >= 11 is 0. The van der Waals surface area contributed by atoms with Crippen molar-refractivity contribution in [3.05, 3.63) is 58.2 Å². The quantitative estimate of drug-likeness (QED) is 0.461. The van der Waals surface area contributed by atoms with Gasteiger partial charge >= 0.3 is 5.69 Å². The zero-order chi connectivity index (χ0) is 24.2. The number of halogens is 1. The van der Waals surface area contributed by atoms with E-state index in [1.807, 2.05) is 21.7 Å². The van der Waals surface area contributed by atoms with Crippen molar-refractivity contribution in [3.8, 4) is 0 Å². The Morgan fingerprint density at radius 2 is 1.83 bits per heavy atom. The van der Waals surface area contributed by atoms with E-state index in [9.17, 15) is 19.3 Å². The molecule has 7 rings (SSSR count). The van der Waals surface area contributed by atoms with Crippen molar-refractivity contribution in [1.82, 2.24) is 19.6 Å². The lowest BCUT2D eigenvalue weighted by Gasteiger charge is -2.62. The number of nitro groups is 1. The summed E-state index contributed by atoms with van der Waals surface area (Å²) in [5.74, 6) is 1.16. The molecule has 1 aliphatic heterocycles. The minimum Gasteiger partial charge on any atom is -0.340 e. The summed E-state index contributed by atoms with van der Waals surface area (Å²) < 4.78 is 15.9. The number of aromatic nitrogens is 2. The van der Waals surface area contributed by atoms with Gasteiger partial charge in [-0.3, -0.25) is 24.5 Å². The molecule has 5 fully saturated rings. The van der Waals surface area contributed by atoms with Crippen molar-refractivity contribution in [2.45, 2.75) is 57.0 Å². The Bertz CT molecular complexity index is 1130. The highest BCUT2D eigenvalue weighted by Gasteiger charge is 2.59. The van der Waals surface area contributed by atoms with Crippen LogP contribution in [0.4, 0.5) is 10.1 Å². The van der Waals surface area contributed by atoms with Crippen LogP contribution >= 0.6 is 0 Å². The first kappa shape index (κ1) is 22.6. The van der Waals surface area contributed by atoms with Crippen molar-refractivity contribution >= 4 is 11.6 Å². The molecule has 5 aliphatic rings. The Morgan fingerprint density at radius 1 is 1.11 bits per heavy atom. The van der Waals surface area contributed by atoms with Crippen LogP contribution in [0.5, 0.6) is 0 Å². The minimum absolute atomic E-state index is 0.0355. The SMILES string of the molecule is O=C(CC12CC3CC(C1)CC(n1cc([N+](=O)[O-])cn1)(C3)C2)N1CCN(Cc2ccccc2F)CC1. The molecule has 2 unspecified atom stereocenters. The number of rotatable bonds is 6. The van der Waals surface area contributed by atoms with E-state index in [0.29, 0.717) is 43.5 Å². The lowest BCUT2D eigenvalue weighted by molar-refractivity contribution is -0.385. The van der Waals surface area contributed by atoms with Gasteiger partial charge in [0.1, 0.15) is 18.2 Å². The predicted octanol–water partition coefficient (Wildman–Crippen LogP) is 3.96. The van der Waals surface area contributed by atoms with E-state index in [2.05, 4.69) is 10.00 Å². The molecule has 1 aromatic carbocycles. The number of benzene rings is 1. The normalized spacial score (nSPS) is 32.2. The van der Waals surface area contributed by atoms with Crippen molar-refractivity contribution < 1.29 is 14.1 Å². The standard InChI is InChI=1S/C26H32FN5O3/c27-23-4-2-1-3-21(23)16-29-5-7-30(8-6-29)24(33)14-25-10-19-9-20(11-25)13-26(12-19,18-25)31-17-22(15-28-31)32(34)35/h1-4,15,17,19-20H,5-14,16,18H2. The van der Waals surface area contributed by atoms with Crippen LogP contribution in [0.2, 0.25) is 0 Å². The van der Waals surface area contributed by atoms with E-state index in [0.717, 1.165) is 45.2 Å². The van der Waals surface area contributed by atoms with Crippen molar-refractivity contribution in [1.29, 1.82) is 0 Å². The molecular weight excluding hydrogens is 449 g/mol. The van der Waals surface area contributed by atoms with E-state index in [1.165, 1.54) is 18.7 Å². The highest BCUT2D eigenvalue weighted by Crippen LogP contribution is 2.65. The summed E-state index contributed by atoms with van der Waals surface area (Å²) in [7, 11) is 0. The molecule has 0 N–H and O–H groups in total. The van der Waals surface area contributed by atoms with Crippen molar-refractivity contribution in [2.24, 2.45) is 17.3 Å². The van der Waals surface area contributed by atoms with Crippen LogP contribution in [0.1, 0.15) is 50.5 Å². The average Bonchev–Trinajstić information content (AvgIpc) is 3.32. The number of nitrogens with zero attached hydrogens (tertiary/aromatic N) is 5.